The summed E-state index contributed by atoms with van der Waals surface area (Å²) in [7, 11) is 0. The van der Waals surface area contributed by atoms with Crippen molar-refractivity contribution >= 4 is 22.4 Å². The predicted molar refractivity (Wildman–Crippen MR) is 97.2 cm³/mol. The molecule has 2 heterocycles. The quantitative estimate of drug-likeness (QED) is 0.679. The van der Waals surface area contributed by atoms with Gasteiger partial charge >= 0.3 is 0 Å². The van der Waals surface area contributed by atoms with Gasteiger partial charge in [-0.2, -0.15) is 0 Å². The maximum atomic E-state index is 10.6. The maximum Gasteiger partial charge on any atom is 0.189 e. The van der Waals surface area contributed by atoms with E-state index >= 15 is 0 Å². The van der Waals surface area contributed by atoms with Gasteiger partial charge in [-0.3, -0.25) is 0 Å². The van der Waals surface area contributed by atoms with Crippen LogP contribution in [0.15, 0.2) is 65.2 Å². The molecule has 0 spiro atoms. The van der Waals surface area contributed by atoms with E-state index in [1.54, 1.807) is 0 Å². The number of nitrogens with zero attached hydrogens (tertiary/aromatic N) is 1. The number of dihydropyridines is 1. The third kappa shape index (κ3) is 2.43. The highest BCUT2D eigenvalue weighted by molar-refractivity contribution is 5.86. The normalized spacial score (nSPS) is 26.2. The van der Waals surface area contributed by atoms with Crippen molar-refractivity contribution < 1.29 is 5.11 Å². The van der Waals surface area contributed by atoms with E-state index in [0.717, 1.165) is 16.8 Å². The summed E-state index contributed by atoms with van der Waals surface area (Å²) in [5.41, 5.74) is 7.94. The molecule has 2 aliphatic rings. The van der Waals surface area contributed by atoms with Crippen LogP contribution in [-0.2, 0) is 0 Å². The van der Waals surface area contributed by atoms with Crippen LogP contribution in [0.2, 0.25) is 0 Å². The van der Waals surface area contributed by atoms with Gasteiger partial charge in [0.2, 0.25) is 0 Å². The molecule has 24 heavy (non-hydrogen) atoms. The number of allylic oxidation sites excluding steroid dienone is 2. The van der Waals surface area contributed by atoms with E-state index in [2.05, 4.69) is 46.0 Å². The fraction of sp³-hybridized carbons (Fsp3) is 0.211. The number of nitrogens with two attached hydrogens (primary N) is 1. The van der Waals surface area contributed by atoms with Crippen molar-refractivity contribution in [2.45, 2.75) is 18.7 Å². The van der Waals surface area contributed by atoms with Crippen LogP contribution in [0.5, 0.6) is 0 Å². The molecule has 5 N–H and O–H groups in total. The molecule has 0 aliphatic carbocycles. The third-order valence-corrected chi connectivity index (χ3v) is 4.68. The molecule has 0 fully saturated rings. The van der Waals surface area contributed by atoms with Gasteiger partial charge in [-0.1, -0.05) is 42.5 Å². The lowest BCUT2D eigenvalue weighted by atomic mass is 9.89. The van der Waals surface area contributed by atoms with E-state index in [4.69, 9.17) is 5.73 Å². The Hall–Kier alpha value is -2.79. The van der Waals surface area contributed by atoms with Gasteiger partial charge in [-0.15, -0.1) is 0 Å². The highest BCUT2D eigenvalue weighted by atomic mass is 16.3. The Morgan fingerprint density at radius 2 is 1.96 bits per heavy atom. The van der Waals surface area contributed by atoms with Crippen molar-refractivity contribution in [2.75, 3.05) is 6.54 Å². The van der Waals surface area contributed by atoms with Crippen LogP contribution in [0.3, 0.4) is 0 Å². The summed E-state index contributed by atoms with van der Waals surface area (Å²) in [5.74, 6) is 0.412. The number of hydrogen-bond acceptors (Lipinski definition) is 5. The van der Waals surface area contributed by atoms with Crippen molar-refractivity contribution in [3.05, 3.63) is 65.8 Å². The number of benzene rings is 2. The SMILES string of the molecule is CC1(C2=CC=C(c3ccc4ccccc4c3)NC2O)CNC(N)=N1. The Morgan fingerprint density at radius 3 is 2.67 bits per heavy atom. The molecule has 0 saturated heterocycles. The highest BCUT2D eigenvalue weighted by Crippen LogP contribution is 2.30. The summed E-state index contributed by atoms with van der Waals surface area (Å²) in [6.45, 7) is 2.55. The first-order chi connectivity index (χ1) is 11.5. The Morgan fingerprint density at radius 1 is 1.17 bits per heavy atom. The summed E-state index contributed by atoms with van der Waals surface area (Å²) < 4.78 is 0. The molecule has 2 aliphatic heterocycles. The second-order valence-corrected chi connectivity index (χ2v) is 6.44. The number of fused-ring (bicyclic) bond motifs is 1. The number of aliphatic hydroxyl groups excluding tert-OH is 1. The van der Waals surface area contributed by atoms with E-state index in [1.165, 1.54) is 10.8 Å². The largest absolute Gasteiger partial charge is 0.370 e. The minimum Gasteiger partial charge on any atom is -0.370 e. The van der Waals surface area contributed by atoms with Crippen LogP contribution in [0.1, 0.15) is 12.5 Å². The van der Waals surface area contributed by atoms with Gasteiger partial charge in [0.05, 0.1) is 0 Å². The summed E-state index contributed by atoms with van der Waals surface area (Å²) in [4.78, 5) is 4.42. The van der Waals surface area contributed by atoms with Crippen LogP contribution >= 0.6 is 0 Å². The molecular weight excluding hydrogens is 300 g/mol. The molecule has 5 heteroatoms. The fourth-order valence-corrected chi connectivity index (χ4v) is 3.32. The number of aliphatic imine (C=N–C) groups is 1. The lowest BCUT2D eigenvalue weighted by Gasteiger charge is -2.31. The first kappa shape index (κ1) is 14.8. The molecular formula is C19H20N4O. The predicted octanol–water partition coefficient (Wildman–Crippen LogP) is 1.71. The van der Waals surface area contributed by atoms with E-state index in [0.29, 0.717) is 12.5 Å². The van der Waals surface area contributed by atoms with Crippen LogP contribution in [0.4, 0.5) is 0 Å². The second kappa shape index (κ2) is 5.39. The van der Waals surface area contributed by atoms with E-state index in [1.807, 2.05) is 31.2 Å². The zero-order valence-corrected chi connectivity index (χ0v) is 13.5. The van der Waals surface area contributed by atoms with E-state index in [9.17, 15) is 5.11 Å². The van der Waals surface area contributed by atoms with Crippen molar-refractivity contribution in [1.82, 2.24) is 10.6 Å². The Bertz CT molecular complexity index is 899. The number of rotatable bonds is 2. The zero-order valence-electron chi connectivity index (χ0n) is 13.5. The van der Waals surface area contributed by atoms with E-state index < -0.39 is 11.8 Å². The zero-order chi connectivity index (χ0) is 16.7. The third-order valence-electron chi connectivity index (χ3n) is 4.68. The van der Waals surface area contributed by atoms with Crippen molar-refractivity contribution in [2.24, 2.45) is 10.7 Å². The first-order valence-electron chi connectivity index (χ1n) is 8.00. The lowest BCUT2D eigenvalue weighted by molar-refractivity contribution is 0.176. The molecule has 2 atom stereocenters. The van der Waals surface area contributed by atoms with Crippen molar-refractivity contribution in [3.63, 3.8) is 0 Å². The molecule has 0 amide bonds. The minimum absolute atomic E-state index is 0.412. The molecule has 0 aromatic heterocycles. The number of hydrogen-bond donors (Lipinski definition) is 4. The molecule has 0 saturated carbocycles. The van der Waals surface area contributed by atoms with Gasteiger partial charge in [0.25, 0.3) is 0 Å². The van der Waals surface area contributed by atoms with Gasteiger partial charge in [0.15, 0.2) is 5.96 Å². The topological polar surface area (TPSA) is 82.7 Å². The standard InChI is InChI=1S/C19H20N4O/c1-19(11-21-18(20)23-19)15-8-9-16(22-17(15)24)14-7-6-12-4-2-3-5-13(12)10-14/h2-10,17,22,24H,11H2,1H3,(H3,20,21,23). The number of nitrogens with one attached hydrogen (secondary N) is 2. The Balaban J connectivity index is 1.70. The fourth-order valence-electron chi connectivity index (χ4n) is 3.32. The minimum atomic E-state index is -0.794. The Kier molecular flexibility index (Phi) is 3.32. The lowest BCUT2D eigenvalue weighted by Crippen LogP contribution is -2.43. The second-order valence-electron chi connectivity index (χ2n) is 6.44. The average molecular weight is 320 g/mol. The molecule has 4 rings (SSSR count). The van der Waals surface area contributed by atoms with Crippen LogP contribution in [0, 0.1) is 0 Å². The molecule has 2 aromatic rings. The van der Waals surface area contributed by atoms with E-state index in [-0.39, 0.29) is 0 Å². The monoisotopic (exact) mass is 320 g/mol. The van der Waals surface area contributed by atoms with Gasteiger partial charge in [-0.25, -0.2) is 4.99 Å². The van der Waals surface area contributed by atoms with Crippen LogP contribution < -0.4 is 16.4 Å². The summed E-state index contributed by atoms with van der Waals surface area (Å²) >= 11 is 0. The summed E-state index contributed by atoms with van der Waals surface area (Å²) in [6.07, 6.45) is 3.13. The molecule has 5 nitrogen and oxygen atoms in total. The smallest absolute Gasteiger partial charge is 0.189 e. The molecule has 122 valence electrons. The molecule has 0 bridgehead atoms. The molecule has 2 aromatic carbocycles. The summed E-state index contributed by atoms with van der Waals surface area (Å²) in [6, 6.07) is 14.5. The average Bonchev–Trinajstić information content (AvgIpc) is 2.94. The summed E-state index contributed by atoms with van der Waals surface area (Å²) in [5, 5.41) is 19.1. The van der Waals surface area contributed by atoms with Gasteiger partial charge in [0.1, 0.15) is 11.8 Å². The van der Waals surface area contributed by atoms with Crippen molar-refractivity contribution in [1.29, 1.82) is 0 Å². The van der Waals surface area contributed by atoms with Gasteiger partial charge in [-0.05, 0) is 35.4 Å². The number of guanidine groups is 1. The van der Waals surface area contributed by atoms with Crippen LogP contribution in [-0.4, -0.2) is 29.4 Å². The Labute approximate surface area is 140 Å². The number of aliphatic hydroxyl groups is 1. The van der Waals surface area contributed by atoms with Gasteiger partial charge < -0.3 is 21.5 Å². The van der Waals surface area contributed by atoms with Gasteiger partial charge in [0, 0.05) is 17.8 Å². The molecule has 2 unspecified atom stereocenters. The van der Waals surface area contributed by atoms with Crippen molar-refractivity contribution in [3.8, 4) is 0 Å². The van der Waals surface area contributed by atoms with Crippen LogP contribution in [0.25, 0.3) is 16.5 Å². The highest BCUT2D eigenvalue weighted by Gasteiger charge is 2.37. The maximum absolute atomic E-state index is 10.6. The first-order valence-corrected chi connectivity index (χ1v) is 8.00. The molecule has 0 radical (unpaired) electrons.